The highest BCUT2D eigenvalue weighted by Gasteiger charge is 2.32. The second-order valence-corrected chi connectivity index (χ2v) is 9.37. The van der Waals surface area contributed by atoms with Crippen molar-refractivity contribution in [2.75, 3.05) is 19.7 Å². The van der Waals surface area contributed by atoms with Crippen molar-refractivity contribution in [3.8, 4) is 5.75 Å². The van der Waals surface area contributed by atoms with Gasteiger partial charge in [0.15, 0.2) is 0 Å². The fraction of sp³-hybridized carbons (Fsp3) is 0.480. The van der Waals surface area contributed by atoms with Crippen molar-refractivity contribution in [1.29, 1.82) is 0 Å². The van der Waals surface area contributed by atoms with Crippen molar-refractivity contribution in [2.24, 2.45) is 0 Å². The predicted octanol–water partition coefficient (Wildman–Crippen LogP) is 5.33. The summed E-state index contributed by atoms with van der Waals surface area (Å²) in [6.07, 6.45) is -0.101. The zero-order valence-electron chi connectivity index (χ0n) is 19.0. The molecule has 2 aromatic rings. The number of aryl methyl sites for hydroxylation is 1. The van der Waals surface area contributed by atoms with Gasteiger partial charge in [0.2, 0.25) is 0 Å². The average Bonchev–Trinajstić information content (AvgIpc) is 2.71. The third-order valence-electron chi connectivity index (χ3n) is 5.33. The minimum absolute atomic E-state index is 0.101. The maximum Gasteiger partial charge on any atom is 0.323 e. The van der Waals surface area contributed by atoms with E-state index in [1.54, 1.807) is 0 Å². The Morgan fingerprint density at radius 3 is 2.68 bits per heavy atom. The van der Waals surface area contributed by atoms with Crippen molar-refractivity contribution < 1.29 is 19.0 Å². The topological polar surface area (TPSA) is 48.0 Å². The summed E-state index contributed by atoms with van der Waals surface area (Å²) in [5, 5.41) is 0.700. The summed E-state index contributed by atoms with van der Waals surface area (Å²) in [7, 11) is 0. The lowest BCUT2D eigenvalue weighted by molar-refractivity contribution is -0.163. The number of hydrogen-bond acceptors (Lipinski definition) is 5. The highest BCUT2D eigenvalue weighted by Crippen LogP contribution is 2.29. The number of hydrogen-bond donors (Lipinski definition) is 0. The lowest BCUT2D eigenvalue weighted by Gasteiger charge is -2.37. The zero-order chi connectivity index (χ0) is 22.6. The molecule has 1 saturated heterocycles. The first kappa shape index (κ1) is 23.6. The number of morpholine rings is 1. The summed E-state index contributed by atoms with van der Waals surface area (Å²) < 4.78 is 17.5. The summed E-state index contributed by atoms with van der Waals surface area (Å²) >= 11 is 6.21. The Bertz CT molecular complexity index is 909. The molecule has 2 aromatic carbocycles. The van der Waals surface area contributed by atoms with Gasteiger partial charge in [-0.2, -0.15) is 0 Å². The molecule has 1 fully saturated rings. The van der Waals surface area contributed by atoms with Gasteiger partial charge in [-0.3, -0.25) is 9.69 Å². The van der Waals surface area contributed by atoms with E-state index in [9.17, 15) is 4.79 Å². The molecule has 0 saturated carbocycles. The van der Waals surface area contributed by atoms with Crippen LogP contribution in [0.4, 0.5) is 0 Å². The van der Waals surface area contributed by atoms with Gasteiger partial charge in [0.05, 0.1) is 12.7 Å². The highest BCUT2D eigenvalue weighted by atomic mass is 35.5. The van der Waals surface area contributed by atoms with Crippen LogP contribution in [0.2, 0.25) is 5.02 Å². The summed E-state index contributed by atoms with van der Waals surface area (Å²) in [6.45, 7) is 11.9. The fourth-order valence-corrected chi connectivity index (χ4v) is 3.81. The first-order valence-electron chi connectivity index (χ1n) is 10.7. The molecule has 0 aliphatic carbocycles. The van der Waals surface area contributed by atoms with E-state index in [0.29, 0.717) is 31.3 Å². The van der Waals surface area contributed by atoms with Crippen molar-refractivity contribution in [3.05, 3.63) is 64.2 Å². The molecule has 3 rings (SSSR count). The molecule has 1 heterocycles. The molecule has 0 bridgehead atoms. The number of carbonyl (C=O) groups is 1. The van der Waals surface area contributed by atoms with Crippen LogP contribution in [0.1, 0.15) is 50.5 Å². The van der Waals surface area contributed by atoms with E-state index in [0.717, 1.165) is 22.4 Å². The highest BCUT2D eigenvalue weighted by molar-refractivity contribution is 6.31. The number of benzene rings is 2. The van der Waals surface area contributed by atoms with Gasteiger partial charge in [0.1, 0.15) is 24.0 Å². The molecule has 168 valence electrons. The number of carbonyl (C=O) groups excluding carboxylic acids is 1. The van der Waals surface area contributed by atoms with Crippen LogP contribution in [0.25, 0.3) is 0 Å². The third kappa shape index (κ3) is 6.45. The van der Waals surface area contributed by atoms with Crippen molar-refractivity contribution >= 4 is 17.6 Å². The van der Waals surface area contributed by atoms with Crippen LogP contribution in [-0.4, -0.2) is 42.2 Å². The van der Waals surface area contributed by atoms with Gasteiger partial charge in [-0.05, 0) is 63.9 Å². The average molecular weight is 446 g/mol. The number of esters is 1. The Morgan fingerprint density at radius 1 is 1.26 bits per heavy atom. The summed E-state index contributed by atoms with van der Waals surface area (Å²) in [5.74, 6) is 0.587. The van der Waals surface area contributed by atoms with Crippen molar-refractivity contribution in [3.63, 3.8) is 0 Å². The normalized spacial score (nSPS) is 18.5. The Hall–Kier alpha value is -2.08. The second-order valence-electron chi connectivity index (χ2n) is 8.96. The van der Waals surface area contributed by atoms with E-state index < -0.39 is 5.60 Å². The first-order chi connectivity index (χ1) is 14.6. The molecular formula is C25H32ClNO4. The van der Waals surface area contributed by atoms with Crippen LogP contribution in [0.15, 0.2) is 42.5 Å². The first-order valence-corrected chi connectivity index (χ1v) is 11.1. The molecule has 0 N–H and O–H groups in total. The van der Waals surface area contributed by atoms with Crippen LogP contribution in [0.5, 0.6) is 5.75 Å². The molecule has 1 aliphatic rings. The lowest BCUT2D eigenvalue weighted by Crippen LogP contribution is -2.48. The molecule has 6 heteroatoms. The second kappa shape index (κ2) is 10.0. The van der Waals surface area contributed by atoms with Crippen LogP contribution in [0.3, 0.4) is 0 Å². The fourth-order valence-electron chi connectivity index (χ4n) is 3.62. The predicted molar refractivity (Wildman–Crippen MR) is 123 cm³/mol. The van der Waals surface area contributed by atoms with Gasteiger partial charge >= 0.3 is 5.97 Å². The van der Waals surface area contributed by atoms with E-state index in [1.807, 2.05) is 70.2 Å². The van der Waals surface area contributed by atoms with Gasteiger partial charge in [-0.25, -0.2) is 0 Å². The Kier molecular flexibility index (Phi) is 7.63. The Morgan fingerprint density at radius 2 is 2.00 bits per heavy atom. The van der Waals surface area contributed by atoms with Gasteiger partial charge in [-0.15, -0.1) is 0 Å². The minimum atomic E-state index is -0.493. The van der Waals surface area contributed by atoms with Gasteiger partial charge in [0.25, 0.3) is 0 Å². The molecule has 5 nitrogen and oxygen atoms in total. The van der Waals surface area contributed by atoms with Gasteiger partial charge in [0, 0.05) is 23.7 Å². The molecular weight excluding hydrogens is 414 g/mol. The number of halogens is 1. The van der Waals surface area contributed by atoms with E-state index in [1.165, 1.54) is 0 Å². The number of nitrogens with zero attached hydrogens (tertiary/aromatic N) is 1. The standard InChI is InChI=1S/C25H32ClNO4/c1-17-14-20(30-16-19-8-6-7-9-22(19)26)10-11-21(17)23-15-27(12-13-29-23)18(2)24(28)31-25(3,4)5/h6-11,14,18,23H,12-13,15-16H2,1-5H3. The smallest absolute Gasteiger partial charge is 0.323 e. The van der Waals surface area contributed by atoms with Gasteiger partial charge < -0.3 is 14.2 Å². The zero-order valence-corrected chi connectivity index (χ0v) is 19.7. The molecule has 31 heavy (non-hydrogen) atoms. The molecule has 1 aliphatic heterocycles. The van der Waals surface area contributed by atoms with E-state index in [-0.39, 0.29) is 18.1 Å². The van der Waals surface area contributed by atoms with E-state index >= 15 is 0 Å². The van der Waals surface area contributed by atoms with Crippen LogP contribution in [-0.2, 0) is 20.9 Å². The third-order valence-corrected chi connectivity index (χ3v) is 5.70. The maximum absolute atomic E-state index is 12.5. The van der Waals surface area contributed by atoms with Gasteiger partial charge in [-0.1, -0.05) is 35.9 Å². The van der Waals surface area contributed by atoms with E-state index in [4.69, 9.17) is 25.8 Å². The van der Waals surface area contributed by atoms with E-state index in [2.05, 4.69) is 11.8 Å². The summed E-state index contributed by atoms with van der Waals surface area (Å²) in [4.78, 5) is 14.6. The monoisotopic (exact) mass is 445 g/mol. The minimum Gasteiger partial charge on any atom is -0.489 e. The quantitative estimate of drug-likeness (QED) is 0.562. The van der Waals surface area contributed by atoms with Crippen LogP contribution < -0.4 is 4.74 Å². The molecule has 0 amide bonds. The molecule has 2 unspecified atom stereocenters. The Labute approximate surface area is 190 Å². The molecule has 2 atom stereocenters. The Balaban J connectivity index is 1.64. The lowest BCUT2D eigenvalue weighted by atomic mass is 10.0. The molecule has 0 aromatic heterocycles. The van der Waals surface area contributed by atoms with Crippen LogP contribution in [0, 0.1) is 6.92 Å². The number of ether oxygens (including phenoxy) is 3. The largest absolute Gasteiger partial charge is 0.489 e. The van der Waals surface area contributed by atoms with Crippen molar-refractivity contribution in [2.45, 2.75) is 59.0 Å². The summed E-state index contributed by atoms with van der Waals surface area (Å²) in [5.41, 5.74) is 2.65. The summed E-state index contributed by atoms with van der Waals surface area (Å²) in [6, 6.07) is 13.4. The maximum atomic E-state index is 12.5. The SMILES string of the molecule is Cc1cc(OCc2ccccc2Cl)ccc1C1CN(C(C)C(=O)OC(C)(C)C)CCO1. The molecule has 0 radical (unpaired) electrons. The van der Waals surface area contributed by atoms with Crippen molar-refractivity contribution in [1.82, 2.24) is 4.90 Å². The molecule has 0 spiro atoms. The number of rotatable bonds is 6. The van der Waals surface area contributed by atoms with Crippen LogP contribution >= 0.6 is 11.6 Å².